The molecule has 0 aliphatic heterocycles. The molecule has 0 amide bonds. The van der Waals surface area contributed by atoms with Crippen molar-refractivity contribution in [3.05, 3.63) is 59.2 Å². The fraction of sp³-hybridized carbons (Fsp3) is 0.231. The van der Waals surface area contributed by atoms with Crippen molar-refractivity contribution in [2.24, 2.45) is 0 Å². The smallest absolute Gasteiger partial charge is 0.122 e. The van der Waals surface area contributed by atoms with Crippen LogP contribution in [0.5, 0.6) is 0 Å². The highest BCUT2D eigenvalue weighted by molar-refractivity contribution is 5.26. The summed E-state index contributed by atoms with van der Waals surface area (Å²) in [7, 11) is 0. The largest absolute Gasteiger partial charge is 0.382 e. The molecule has 0 saturated carbocycles. The zero-order valence-electron chi connectivity index (χ0n) is 9.38. The molecule has 16 heavy (non-hydrogen) atoms. The van der Waals surface area contributed by atoms with E-state index in [1.165, 1.54) is 0 Å². The lowest BCUT2D eigenvalue weighted by Crippen LogP contribution is -2.03. The summed E-state index contributed by atoms with van der Waals surface area (Å²) >= 11 is 0. The van der Waals surface area contributed by atoms with Crippen LogP contribution in [0.1, 0.15) is 28.5 Å². The number of hydrogen-bond acceptors (Lipinski definition) is 3. The van der Waals surface area contributed by atoms with Gasteiger partial charge in [-0.3, -0.25) is 9.97 Å². The van der Waals surface area contributed by atoms with E-state index in [2.05, 4.69) is 9.97 Å². The molecule has 2 heterocycles. The van der Waals surface area contributed by atoms with Crippen LogP contribution in [0.15, 0.2) is 36.8 Å². The molecule has 0 spiro atoms. The van der Waals surface area contributed by atoms with Crippen molar-refractivity contribution in [2.75, 3.05) is 0 Å². The minimum absolute atomic E-state index is 0.651. The fourth-order valence-corrected chi connectivity index (χ4v) is 1.54. The maximum atomic E-state index is 10.1. The van der Waals surface area contributed by atoms with Crippen molar-refractivity contribution in [2.45, 2.75) is 20.0 Å². The van der Waals surface area contributed by atoms with Crippen molar-refractivity contribution in [1.29, 1.82) is 0 Å². The van der Waals surface area contributed by atoms with Crippen LogP contribution >= 0.6 is 0 Å². The van der Waals surface area contributed by atoms with Gasteiger partial charge >= 0.3 is 0 Å². The van der Waals surface area contributed by atoms with Crippen molar-refractivity contribution >= 4 is 0 Å². The first kappa shape index (κ1) is 10.8. The number of aliphatic hydroxyl groups is 1. The van der Waals surface area contributed by atoms with Crippen molar-refractivity contribution in [1.82, 2.24) is 9.97 Å². The highest BCUT2D eigenvalue weighted by Crippen LogP contribution is 2.19. The van der Waals surface area contributed by atoms with E-state index in [1.807, 2.05) is 32.0 Å². The Bertz CT molecular complexity index is 480. The summed E-state index contributed by atoms with van der Waals surface area (Å²) in [5.41, 5.74) is 3.54. The van der Waals surface area contributed by atoms with Gasteiger partial charge in [0.1, 0.15) is 6.10 Å². The second-order valence-corrected chi connectivity index (χ2v) is 3.96. The third kappa shape index (κ3) is 2.25. The maximum absolute atomic E-state index is 10.1. The van der Waals surface area contributed by atoms with Crippen LogP contribution in [0.2, 0.25) is 0 Å². The lowest BCUT2D eigenvalue weighted by Gasteiger charge is -2.10. The molecule has 2 aromatic heterocycles. The van der Waals surface area contributed by atoms with Gasteiger partial charge < -0.3 is 5.11 Å². The molecule has 1 unspecified atom stereocenters. The van der Waals surface area contributed by atoms with Gasteiger partial charge in [-0.15, -0.1) is 0 Å². The summed E-state index contributed by atoms with van der Waals surface area (Å²) in [4.78, 5) is 8.27. The minimum atomic E-state index is -0.701. The monoisotopic (exact) mass is 214 g/mol. The predicted molar refractivity (Wildman–Crippen MR) is 62.0 cm³/mol. The topological polar surface area (TPSA) is 46.0 Å². The third-order valence-corrected chi connectivity index (χ3v) is 2.43. The number of rotatable bonds is 2. The van der Waals surface area contributed by atoms with E-state index in [0.29, 0.717) is 5.69 Å². The molecule has 0 aromatic carbocycles. The van der Waals surface area contributed by atoms with Gasteiger partial charge in [0, 0.05) is 24.2 Å². The molecule has 0 radical (unpaired) electrons. The van der Waals surface area contributed by atoms with Gasteiger partial charge in [-0.25, -0.2) is 0 Å². The second kappa shape index (κ2) is 4.41. The van der Waals surface area contributed by atoms with Crippen LogP contribution < -0.4 is 0 Å². The van der Waals surface area contributed by atoms with Crippen molar-refractivity contribution < 1.29 is 5.11 Å². The Hall–Kier alpha value is -1.74. The molecule has 82 valence electrons. The Morgan fingerprint density at radius 3 is 2.50 bits per heavy atom. The van der Waals surface area contributed by atoms with E-state index < -0.39 is 6.10 Å². The van der Waals surface area contributed by atoms with E-state index in [-0.39, 0.29) is 0 Å². The number of aryl methyl sites for hydroxylation is 2. The Labute approximate surface area is 94.8 Å². The summed E-state index contributed by atoms with van der Waals surface area (Å²) in [6.07, 6.45) is 4.48. The Morgan fingerprint density at radius 2 is 1.88 bits per heavy atom. The van der Waals surface area contributed by atoms with Crippen molar-refractivity contribution in [3.63, 3.8) is 0 Å². The zero-order valence-corrected chi connectivity index (χ0v) is 9.38. The van der Waals surface area contributed by atoms with E-state index in [4.69, 9.17) is 0 Å². The number of nitrogens with zero attached hydrogens (tertiary/aromatic N) is 2. The Morgan fingerprint density at radius 1 is 1.06 bits per heavy atom. The molecule has 0 bridgehead atoms. The Balaban J connectivity index is 2.31. The van der Waals surface area contributed by atoms with Crippen LogP contribution in [0.3, 0.4) is 0 Å². The molecule has 0 fully saturated rings. The summed E-state index contributed by atoms with van der Waals surface area (Å²) in [6.45, 7) is 3.92. The highest BCUT2D eigenvalue weighted by Gasteiger charge is 2.11. The average molecular weight is 214 g/mol. The number of pyridine rings is 2. The van der Waals surface area contributed by atoms with Gasteiger partial charge in [0.25, 0.3) is 0 Å². The van der Waals surface area contributed by atoms with E-state index >= 15 is 0 Å². The molecule has 3 heteroatoms. The molecule has 1 N–H and O–H groups in total. The van der Waals surface area contributed by atoms with Gasteiger partial charge in [0.05, 0.1) is 5.69 Å². The van der Waals surface area contributed by atoms with Crippen LogP contribution in [0.4, 0.5) is 0 Å². The third-order valence-electron chi connectivity index (χ3n) is 2.43. The van der Waals surface area contributed by atoms with Crippen LogP contribution in [0.25, 0.3) is 0 Å². The van der Waals surface area contributed by atoms with Crippen LogP contribution in [-0.4, -0.2) is 15.1 Å². The van der Waals surface area contributed by atoms with E-state index in [9.17, 15) is 5.11 Å². The first-order valence-corrected chi connectivity index (χ1v) is 5.19. The van der Waals surface area contributed by atoms with Crippen LogP contribution in [0, 0.1) is 13.8 Å². The van der Waals surface area contributed by atoms with Gasteiger partial charge in [-0.05, 0) is 31.0 Å². The number of aromatic nitrogens is 2. The normalized spacial score (nSPS) is 12.4. The summed E-state index contributed by atoms with van der Waals surface area (Å²) in [5.74, 6) is 0. The summed E-state index contributed by atoms with van der Waals surface area (Å²) in [6, 6.07) is 5.69. The maximum Gasteiger partial charge on any atom is 0.122 e. The predicted octanol–water partition coefficient (Wildman–Crippen LogP) is 2.18. The summed E-state index contributed by atoms with van der Waals surface area (Å²) in [5, 5.41) is 10.1. The molecular weight excluding hydrogens is 200 g/mol. The molecule has 2 aromatic rings. The summed E-state index contributed by atoms with van der Waals surface area (Å²) < 4.78 is 0. The van der Waals surface area contributed by atoms with Crippen molar-refractivity contribution in [3.8, 4) is 0 Å². The molecule has 2 rings (SSSR count). The SMILES string of the molecule is Cc1ccc(C(O)c2cncc(C)c2)nc1. The van der Waals surface area contributed by atoms with E-state index in [0.717, 1.165) is 16.7 Å². The van der Waals surface area contributed by atoms with Gasteiger partial charge in [0.15, 0.2) is 0 Å². The molecule has 3 nitrogen and oxygen atoms in total. The fourth-order valence-electron chi connectivity index (χ4n) is 1.54. The quantitative estimate of drug-likeness (QED) is 0.833. The number of hydrogen-bond donors (Lipinski definition) is 1. The van der Waals surface area contributed by atoms with Crippen LogP contribution in [-0.2, 0) is 0 Å². The van der Waals surface area contributed by atoms with E-state index in [1.54, 1.807) is 18.6 Å². The van der Waals surface area contributed by atoms with Gasteiger partial charge in [-0.2, -0.15) is 0 Å². The Kier molecular flexibility index (Phi) is 2.97. The lowest BCUT2D eigenvalue weighted by atomic mass is 10.1. The zero-order chi connectivity index (χ0) is 11.5. The molecule has 0 aliphatic rings. The molecule has 0 saturated heterocycles. The highest BCUT2D eigenvalue weighted by atomic mass is 16.3. The second-order valence-electron chi connectivity index (χ2n) is 3.96. The standard InChI is InChI=1S/C13H14N2O/c1-9-3-4-12(15-7-9)13(16)11-5-10(2)6-14-8-11/h3-8,13,16H,1-2H3. The molecule has 1 atom stereocenters. The first-order valence-electron chi connectivity index (χ1n) is 5.19. The average Bonchev–Trinajstić information content (AvgIpc) is 2.29. The lowest BCUT2D eigenvalue weighted by molar-refractivity contribution is 0.215. The minimum Gasteiger partial charge on any atom is -0.382 e. The van der Waals surface area contributed by atoms with Gasteiger partial charge in [-0.1, -0.05) is 12.1 Å². The molecule has 0 aliphatic carbocycles. The van der Waals surface area contributed by atoms with Gasteiger partial charge in [0.2, 0.25) is 0 Å². The molecular formula is C13H14N2O. The first-order chi connectivity index (χ1) is 7.66. The number of aliphatic hydroxyl groups excluding tert-OH is 1.